The lowest BCUT2D eigenvalue weighted by Gasteiger charge is -2.44. The maximum absolute atomic E-state index is 3.36. The molecule has 2 heteroatoms. The van der Waals surface area contributed by atoms with Crippen molar-refractivity contribution in [3.8, 4) is 0 Å². The summed E-state index contributed by atoms with van der Waals surface area (Å²) < 4.78 is 0. The number of fused-ring (bicyclic) bond motifs is 1. The second-order valence-electron chi connectivity index (χ2n) is 6.21. The van der Waals surface area contributed by atoms with Crippen molar-refractivity contribution in [1.29, 1.82) is 0 Å². The second kappa shape index (κ2) is 5.11. The molecule has 0 aromatic heterocycles. The first kappa shape index (κ1) is 11.7. The minimum Gasteiger partial charge on any atom is -0.309 e. The Labute approximate surface area is 105 Å². The van der Waals surface area contributed by atoms with Crippen LogP contribution in [0.5, 0.6) is 0 Å². The third kappa shape index (κ3) is 2.43. The fourth-order valence-electron chi connectivity index (χ4n) is 3.89. The van der Waals surface area contributed by atoms with Crippen LogP contribution in [0.1, 0.15) is 45.4 Å². The highest BCUT2D eigenvalue weighted by Gasteiger charge is 2.33. The molecular formula is C15H26N2. The quantitative estimate of drug-likeness (QED) is 0.739. The Balaban J connectivity index is 1.64. The smallest absolute Gasteiger partial charge is 0.0196 e. The van der Waals surface area contributed by atoms with Gasteiger partial charge in [-0.1, -0.05) is 18.4 Å². The topological polar surface area (TPSA) is 15.3 Å². The van der Waals surface area contributed by atoms with Crippen molar-refractivity contribution in [3.05, 3.63) is 11.1 Å². The minimum absolute atomic E-state index is 0.918. The molecule has 2 heterocycles. The van der Waals surface area contributed by atoms with Crippen LogP contribution in [-0.2, 0) is 0 Å². The first-order valence-electron chi connectivity index (χ1n) is 7.47. The molecule has 96 valence electrons. The fourth-order valence-corrected chi connectivity index (χ4v) is 3.89. The standard InChI is InChI=1S/C15H26N2/c1-12(14-9-16-10-14)11-17-8-4-6-13-5-2-3-7-15(13)17/h13,15-16H,2-11H2,1H3/t13-,15-/m1/s1. The molecule has 2 atom stereocenters. The van der Waals surface area contributed by atoms with E-state index < -0.39 is 0 Å². The summed E-state index contributed by atoms with van der Waals surface area (Å²) in [6.07, 6.45) is 8.85. The number of nitrogens with one attached hydrogen (secondary N) is 1. The molecule has 17 heavy (non-hydrogen) atoms. The lowest BCUT2D eigenvalue weighted by Crippen LogP contribution is -2.48. The van der Waals surface area contributed by atoms with Crippen molar-refractivity contribution in [2.24, 2.45) is 5.92 Å². The Bertz CT molecular complexity index is 300. The molecule has 0 aromatic rings. The average Bonchev–Trinajstić information content (AvgIpc) is 2.27. The Morgan fingerprint density at radius 1 is 1.18 bits per heavy atom. The predicted octanol–water partition coefficient (Wildman–Crippen LogP) is 2.56. The first-order chi connectivity index (χ1) is 8.34. The molecule has 3 fully saturated rings. The van der Waals surface area contributed by atoms with Gasteiger partial charge >= 0.3 is 0 Å². The summed E-state index contributed by atoms with van der Waals surface area (Å²) >= 11 is 0. The molecule has 0 aromatic carbocycles. The molecule has 3 rings (SSSR count). The summed E-state index contributed by atoms with van der Waals surface area (Å²) in [7, 11) is 0. The van der Waals surface area contributed by atoms with Crippen LogP contribution in [0.25, 0.3) is 0 Å². The molecule has 0 spiro atoms. The average molecular weight is 234 g/mol. The zero-order valence-electron chi connectivity index (χ0n) is 11.2. The molecule has 0 radical (unpaired) electrons. The SMILES string of the molecule is CC(CN1CCC[C@H]2CCCC[C@H]21)=C1CNC1. The zero-order valence-corrected chi connectivity index (χ0v) is 11.2. The normalized spacial score (nSPS) is 34.1. The van der Waals surface area contributed by atoms with Gasteiger partial charge in [0.15, 0.2) is 0 Å². The molecule has 3 aliphatic rings. The van der Waals surface area contributed by atoms with E-state index in [4.69, 9.17) is 0 Å². The third-order valence-electron chi connectivity index (χ3n) is 5.08. The Morgan fingerprint density at radius 3 is 2.71 bits per heavy atom. The summed E-state index contributed by atoms with van der Waals surface area (Å²) in [4.78, 5) is 2.80. The molecule has 2 nitrogen and oxygen atoms in total. The monoisotopic (exact) mass is 234 g/mol. The summed E-state index contributed by atoms with van der Waals surface area (Å²) in [5, 5.41) is 3.36. The van der Waals surface area contributed by atoms with E-state index in [0.29, 0.717) is 0 Å². The Kier molecular flexibility index (Phi) is 3.53. The predicted molar refractivity (Wildman–Crippen MR) is 72.1 cm³/mol. The Hall–Kier alpha value is -0.340. The van der Waals surface area contributed by atoms with Crippen LogP contribution >= 0.6 is 0 Å². The minimum atomic E-state index is 0.918. The van der Waals surface area contributed by atoms with E-state index in [2.05, 4.69) is 17.1 Å². The van der Waals surface area contributed by atoms with Crippen LogP contribution in [-0.4, -0.2) is 37.1 Å². The van der Waals surface area contributed by atoms with Gasteiger partial charge in [-0.05, 0) is 50.6 Å². The highest BCUT2D eigenvalue weighted by atomic mass is 15.2. The molecule has 0 bridgehead atoms. The molecule has 1 N–H and O–H groups in total. The van der Waals surface area contributed by atoms with Crippen LogP contribution < -0.4 is 5.32 Å². The van der Waals surface area contributed by atoms with E-state index in [9.17, 15) is 0 Å². The van der Waals surface area contributed by atoms with Crippen LogP contribution in [0.2, 0.25) is 0 Å². The second-order valence-corrected chi connectivity index (χ2v) is 6.21. The van der Waals surface area contributed by atoms with Crippen molar-refractivity contribution in [2.45, 2.75) is 51.5 Å². The number of hydrogen-bond donors (Lipinski definition) is 1. The van der Waals surface area contributed by atoms with E-state index in [1.54, 1.807) is 11.1 Å². The molecule has 2 saturated heterocycles. The lowest BCUT2D eigenvalue weighted by molar-refractivity contribution is 0.0686. The Morgan fingerprint density at radius 2 is 1.94 bits per heavy atom. The van der Waals surface area contributed by atoms with Gasteiger partial charge in [0.2, 0.25) is 0 Å². The number of rotatable bonds is 2. The van der Waals surface area contributed by atoms with Crippen LogP contribution in [0.3, 0.4) is 0 Å². The van der Waals surface area contributed by atoms with Gasteiger partial charge in [0.1, 0.15) is 0 Å². The maximum Gasteiger partial charge on any atom is 0.0196 e. The summed E-state index contributed by atoms with van der Waals surface area (Å²) in [6, 6.07) is 0.918. The zero-order chi connectivity index (χ0) is 11.7. The van der Waals surface area contributed by atoms with Crippen molar-refractivity contribution in [3.63, 3.8) is 0 Å². The van der Waals surface area contributed by atoms with E-state index >= 15 is 0 Å². The van der Waals surface area contributed by atoms with E-state index in [-0.39, 0.29) is 0 Å². The van der Waals surface area contributed by atoms with E-state index in [1.165, 1.54) is 51.6 Å². The highest BCUT2D eigenvalue weighted by Crippen LogP contribution is 2.35. The van der Waals surface area contributed by atoms with Gasteiger partial charge in [0.25, 0.3) is 0 Å². The number of piperidine rings is 1. The lowest BCUT2D eigenvalue weighted by atomic mass is 9.78. The van der Waals surface area contributed by atoms with Gasteiger partial charge in [0, 0.05) is 25.7 Å². The molecule has 1 saturated carbocycles. The van der Waals surface area contributed by atoms with E-state index in [0.717, 1.165) is 25.0 Å². The van der Waals surface area contributed by atoms with E-state index in [1.807, 2.05) is 0 Å². The molecule has 2 aliphatic heterocycles. The van der Waals surface area contributed by atoms with Crippen molar-refractivity contribution >= 4 is 0 Å². The van der Waals surface area contributed by atoms with Crippen LogP contribution in [0.4, 0.5) is 0 Å². The molecule has 0 unspecified atom stereocenters. The van der Waals surface area contributed by atoms with Crippen molar-refractivity contribution < 1.29 is 0 Å². The largest absolute Gasteiger partial charge is 0.309 e. The highest BCUT2D eigenvalue weighted by molar-refractivity contribution is 5.22. The van der Waals surface area contributed by atoms with Gasteiger partial charge in [-0.3, -0.25) is 4.90 Å². The van der Waals surface area contributed by atoms with Crippen molar-refractivity contribution in [2.75, 3.05) is 26.2 Å². The first-order valence-corrected chi connectivity index (χ1v) is 7.47. The number of nitrogens with zero attached hydrogens (tertiary/aromatic N) is 1. The summed E-state index contributed by atoms with van der Waals surface area (Å²) in [6.45, 7) is 7.24. The summed E-state index contributed by atoms with van der Waals surface area (Å²) in [5.74, 6) is 1.02. The van der Waals surface area contributed by atoms with Crippen molar-refractivity contribution in [1.82, 2.24) is 10.2 Å². The number of likely N-dealkylation sites (tertiary alicyclic amines) is 1. The van der Waals surface area contributed by atoms with Gasteiger partial charge < -0.3 is 5.32 Å². The molecular weight excluding hydrogens is 208 g/mol. The molecule has 0 amide bonds. The van der Waals surface area contributed by atoms with Gasteiger partial charge in [-0.2, -0.15) is 0 Å². The molecule has 1 aliphatic carbocycles. The summed E-state index contributed by atoms with van der Waals surface area (Å²) in [5.41, 5.74) is 3.32. The van der Waals surface area contributed by atoms with Gasteiger partial charge in [-0.25, -0.2) is 0 Å². The fraction of sp³-hybridized carbons (Fsp3) is 0.867. The van der Waals surface area contributed by atoms with Gasteiger partial charge in [0.05, 0.1) is 0 Å². The van der Waals surface area contributed by atoms with Crippen LogP contribution in [0.15, 0.2) is 11.1 Å². The van der Waals surface area contributed by atoms with Gasteiger partial charge in [-0.15, -0.1) is 0 Å². The third-order valence-corrected chi connectivity index (χ3v) is 5.08. The maximum atomic E-state index is 3.36. The number of hydrogen-bond acceptors (Lipinski definition) is 2. The van der Waals surface area contributed by atoms with Crippen LogP contribution in [0, 0.1) is 5.92 Å².